The van der Waals surface area contributed by atoms with E-state index in [1.54, 1.807) is 10.4 Å². The smallest absolute Gasteiger partial charge is 0.273 e. The van der Waals surface area contributed by atoms with Gasteiger partial charge in [0.05, 0.1) is 5.51 Å². The Balaban J connectivity index is 2.61. The fraction of sp³-hybridized carbons (Fsp3) is 0.600. The molecule has 1 aromatic rings. The van der Waals surface area contributed by atoms with Gasteiger partial charge in [-0.3, -0.25) is 4.79 Å². The Morgan fingerprint density at radius 1 is 1.64 bits per heavy atom. The number of rotatable bonds is 4. The highest BCUT2D eigenvalue weighted by Gasteiger charge is 2.15. The third kappa shape index (κ3) is 2.54. The first-order chi connectivity index (χ1) is 6.66. The van der Waals surface area contributed by atoms with Crippen LogP contribution < -0.4 is 0 Å². The van der Waals surface area contributed by atoms with Crippen LogP contribution in [0.2, 0.25) is 0 Å². The van der Waals surface area contributed by atoms with Gasteiger partial charge in [-0.15, -0.1) is 11.3 Å². The van der Waals surface area contributed by atoms with Crippen molar-refractivity contribution in [3.63, 3.8) is 0 Å². The van der Waals surface area contributed by atoms with E-state index in [0.717, 1.165) is 24.3 Å². The third-order valence-electron chi connectivity index (χ3n) is 2.14. The zero-order valence-electron chi connectivity index (χ0n) is 8.91. The van der Waals surface area contributed by atoms with Crippen LogP contribution in [0.5, 0.6) is 0 Å². The van der Waals surface area contributed by atoms with Crippen molar-refractivity contribution in [1.29, 1.82) is 0 Å². The Kier molecular flexibility index (Phi) is 4.07. The van der Waals surface area contributed by atoms with Crippen LogP contribution in [0.1, 0.15) is 35.1 Å². The number of carbonyl (C=O) groups is 1. The summed E-state index contributed by atoms with van der Waals surface area (Å²) in [6.45, 7) is 4.86. The van der Waals surface area contributed by atoms with E-state index in [2.05, 4.69) is 11.9 Å². The summed E-state index contributed by atoms with van der Waals surface area (Å²) in [6.07, 6.45) is 2.15. The maximum absolute atomic E-state index is 11.8. The lowest BCUT2D eigenvalue weighted by Gasteiger charge is -2.15. The van der Waals surface area contributed by atoms with Crippen molar-refractivity contribution < 1.29 is 4.79 Å². The van der Waals surface area contributed by atoms with E-state index in [0.29, 0.717) is 5.69 Å². The molecule has 0 radical (unpaired) electrons. The van der Waals surface area contributed by atoms with Gasteiger partial charge < -0.3 is 4.90 Å². The summed E-state index contributed by atoms with van der Waals surface area (Å²) in [5.41, 5.74) is 2.32. The average Bonchev–Trinajstić information content (AvgIpc) is 2.59. The fourth-order valence-corrected chi connectivity index (χ4v) is 1.76. The number of aryl methyl sites for hydroxylation is 1. The zero-order valence-corrected chi connectivity index (χ0v) is 9.73. The molecule has 14 heavy (non-hydrogen) atoms. The summed E-state index contributed by atoms with van der Waals surface area (Å²) < 4.78 is 0. The summed E-state index contributed by atoms with van der Waals surface area (Å²) in [5.74, 6) is 0.0391. The Morgan fingerprint density at radius 2 is 2.36 bits per heavy atom. The topological polar surface area (TPSA) is 33.2 Å². The number of unbranched alkanes of at least 4 members (excludes halogenated alkanes) is 1. The quantitative estimate of drug-likeness (QED) is 0.767. The molecule has 0 fully saturated rings. The SMILES string of the molecule is CCCCN(C)C(=O)c1ncsc1C. The summed E-state index contributed by atoms with van der Waals surface area (Å²) in [7, 11) is 1.83. The van der Waals surface area contributed by atoms with Crippen LogP contribution in [0.15, 0.2) is 5.51 Å². The lowest BCUT2D eigenvalue weighted by atomic mass is 10.3. The third-order valence-corrected chi connectivity index (χ3v) is 2.90. The van der Waals surface area contributed by atoms with Crippen molar-refractivity contribution in [3.05, 3.63) is 16.1 Å². The fourth-order valence-electron chi connectivity index (χ4n) is 1.19. The lowest BCUT2D eigenvalue weighted by molar-refractivity contribution is 0.0787. The van der Waals surface area contributed by atoms with E-state index < -0.39 is 0 Å². The molecule has 0 atom stereocenters. The van der Waals surface area contributed by atoms with Crippen LogP contribution in [-0.2, 0) is 0 Å². The second kappa shape index (κ2) is 5.10. The molecular weight excluding hydrogens is 196 g/mol. The first kappa shape index (κ1) is 11.2. The molecule has 0 aromatic carbocycles. The molecule has 78 valence electrons. The van der Waals surface area contributed by atoms with Crippen molar-refractivity contribution in [2.45, 2.75) is 26.7 Å². The molecule has 0 unspecified atom stereocenters. The van der Waals surface area contributed by atoms with Crippen LogP contribution in [0.25, 0.3) is 0 Å². The Morgan fingerprint density at radius 3 is 2.86 bits per heavy atom. The van der Waals surface area contributed by atoms with Crippen molar-refractivity contribution in [2.75, 3.05) is 13.6 Å². The molecule has 0 spiro atoms. The molecule has 0 aliphatic carbocycles. The van der Waals surface area contributed by atoms with Gasteiger partial charge in [-0.2, -0.15) is 0 Å². The number of amides is 1. The van der Waals surface area contributed by atoms with Gasteiger partial charge in [0.1, 0.15) is 5.69 Å². The lowest BCUT2D eigenvalue weighted by Crippen LogP contribution is -2.28. The molecule has 0 saturated carbocycles. The van der Waals surface area contributed by atoms with Crippen LogP contribution >= 0.6 is 11.3 Å². The summed E-state index contributed by atoms with van der Waals surface area (Å²) in [4.78, 5) is 18.6. The van der Waals surface area contributed by atoms with Gasteiger partial charge in [0.15, 0.2) is 0 Å². The maximum Gasteiger partial charge on any atom is 0.273 e. The summed E-state index contributed by atoms with van der Waals surface area (Å²) in [6, 6.07) is 0. The van der Waals surface area contributed by atoms with Crippen molar-refractivity contribution in [3.8, 4) is 0 Å². The molecule has 0 aliphatic rings. The van der Waals surface area contributed by atoms with Crippen LogP contribution in [0, 0.1) is 6.92 Å². The van der Waals surface area contributed by atoms with Crippen molar-refractivity contribution >= 4 is 17.2 Å². The second-order valence-corrected chi connectivity index (χ2v) is 4.40. The molecule has 4 heteroatoms. The predicted molar refractivity (Wildman–Crippen MR) is 58.7 cm³/mol. The van der Waals surface area contributed by atoms with Crippen molar-refractivity contribution in [2.24, 2.45) is 0 Å². The van der Waals surface area contributed by atoms with Gasteiger partial charge in [0.2, 0.25) is 0 Å². The van der Waals surface area contributed by atoms with Crippen molar-refractivity contribution in [1.82, 2.24) is 9.88 Å². The van der Waals surface area contributed by atoms with Gasteiger partial charge in [-0.05, 0) is 13.3 Å². The minimum Gasteiger partial charge on any atom is -0.340 e. The maximum atomic E-state index is 11.8. The van der Waals surface area contributed by atoms with E-state index in [9.17, 15) is 4.79 Å². The minimum absolute atomic E-state index is 0.0391. The molecule has 1 amide bonds. The van der Waals surface area contributed by atoms with E-state index in [1.165, 1.54) is 11.3 Å². The largest absolute Gasteiger partial charge is 0.340 e. The Bertz CT molecular complexity index is 309. The van der Waals surface area contributed by atoms with Crippen LogP contribution in [0.4, 0.5) is 0 Å². The van der Waals surface area contributed by atoms with E-state index >= 15 is 0 Å². The molecule has 0 saturated heterocycles. The molecule has 1 rings (SSSR count). The standard InChI is InChI=1S/C10H16N2OS/c1-4-5-6-12(3)10(13)9-8(2)14-7-11-9/h7H,4-6H2,1-3H3. The highest BCUT2D eigenvalue weighted by molar-refractivity contribution is 7.09. The first-order valence-corrected chi connectivity index (χ1v) is 5.70. The number of thiazole rings is 1. The number of nitrogens with zero attached hydrogens (tertiary/aromatic N) is 2. The van der Waals surface area contributed by atoms with Crippen LogP contribution in [0.3, 0.4) is 0 Å². The molecule has 3 nitrogen and oxygen atoms in total. The van der Waals surface area contributed by atoms with E-state index in [-0.39, 0.29) is 5.91 Å². The number of hydrogen-bond donors (Lipinski definition) is 0. The Hall–Kier alpha value is -0.900. The number of aromatic nitrogens is 1. The second-order valence-electron chi connectivity index (χ2n) is 3.34. The minimum atomic E-state index is 0.0391. The summed E-state index contributed by atoms with van der Waals surface area (Å²) >= 11 is 1.52. The zero-order chi connectivity index (χ0) is 10.6. The van der Waals surface area contributed by atoms with Gasteiger partial charge in [0.25, 0.3) is 5.91 Å². The highest BCUT2D eigenvalue weighted by Crippen LogP contribution is 2.13. The number of hydrogen-bond acceptors (Lipinski definition) is 3. The normalized spacial score (nSPS) is 10.2. The Labute approximate surface area is 88.8 Å². The summed E-state index contributed by atoms with van der Waals surface area (Å²) in [5, 5.41) is 0. The van der Waals surface area contributed by atoms with Gasteiger partial charge >= 0.3 is 0 Å². The number of carbonyl (C=O) groups excluding carboxylic acids is 1. The van der Waals surface area contributed by atoms with Gasteiger partial charge in [0, 0.05) is 18.5 Å². The highest BCUT2D eigenvalue weighted by atomic mass is 32.1. The molecule has 0 N–H and O–H groups in total. The molecule has 1 aromatic heterocycles. The molecule has 0 bridgehead atoms. The van der Waals surface area contributed by atoms with Gasteiger partial charge in [-0.1, -0.05) is 13.3 Å². The predicted octanol–water partition coefficient (Wildman–Crippen LogP) is 2.32. The average molecular weight is 212 g/mol. The van der Waals surface area contributed by atoms with E-state index in [1.807, 2.05) is 14.0 Å². The first-order valence-electron chi connectivity index (χ1n) is 4.82. The van der Waals surface area contributed by atoms with Crippen LogP contribution in [-0.4, -0.2) is 29.4 Å². The molecule has 1 heterocycles. The molecular formula is C10H16N2OS. The molecule has 0 aliphatic heterocycles. The monoisotopic (exact) mass is 212 g/mol. The van der Waals surface area contributed by atoms with E-state index in [4.69, 9.17) is 0 Å². The van der Waals surface area contributed by atoms with Gasteiger partial charge in [-0.25, -0.2) is 4.98 Å².